The lowest BCUT2D eigenvalue weighted by Crippen LogP contribution is -2.49. The topological polar surface area (TPSA) is 39.1 Å². The number of imidazole rings is 1. The third kappa shape index (κ3) is 3.32. The van der Waals surface area contributed by atoms with Crippen LogP contribution in [0.2, 0.25) is 0 Å². The minimum Gasteiger partial charge on any atom is -0.376 e. The molecule has 1 aliphatic rings. The molecule has 120 valence electrons. The molecule has 4 nitrogen and oxygen atoms in total. The van der Waals surface area contributed by atoms with E-state index in [1.807, 2.05) is 20.4 Å². The summed E-state index contributed by atoms with van der Waals surface area (Å²) in [6, 6.07) is 0.153. The molecule has 0 radical (unpaired) electrons. The van der Waals surface area contributed by atoms with E-state index >= 15 is 0 Å². The summed E-state index contributed by atoms with van der Waals surface area (Å²) >= 11 is 0. The van der Waals surface area contributed by atoms with Gasteiger partial charge >= 0.3 is 0 Å². The Balaban J connectivity index is 2.27. The molecule has 0 aliphatic heterocycles. The van der Waals surface area contributed by atoms with Crippen molar-refractivity contribution >= 4 is 0 Å². The summed E-state index contributed by atoms with van der Waals surface area (Å²) in [4.78, 5) is 4.63. The second kappa shape index (κ2) is 6.49. The second-order valence-electron chi connectivity index (χ2n) is 7.13. The summed E-state index contributed by atoms with van der Waals surface area (Å²) in [6.45, 7) is 7.93. The largest absolute Gasteiger partial charge is 0.376 e. The molecular weight excluding hydrogens is 262 g/mol. The Labute approximate surface area is 129 Å². The van der Waals surface area contributed by atoms with Gasteiger partial charge in [-0.1, -0.05) is 20.8 Å². The predicted molar refractivity (Wildman–Crippen MR) is 86.3 cm³/mol. The molecule has 4 heteroatoms. The summed E-state index contributed by atoms with van der Waals surface area (Å²) in [5.41, 5.74) is 0.292. The first-order valence-electron chi connectivity index (χ1n) is 8.21. The Bertz CT molecular complexity index is 443. The van der Waals surface area contributed by atoms with E-state index in [0.29, 0.717) is 5.41 Å². The molecule has 1 aromatic heterocycles. The van der Waals surface area contributed by atoms with Gasteiger partial charge in [0.15, 0.2) is 0 Å². The number of ether oxygens (including phenoxy) is 1. The molecule has 1 N–H and O–H groups in total. The van der Waals surface area contributed by atoms with Gasteiger partial charge in [0.2, 0.25) is 0 Å². The van der Waals surface area contributed by atoms with Gasteiger partial charge in [-0.05, 0) is 44.6 Å². The van der Waals surface area contributed by atoms with E-state index < -0.39 is 0 Å². The number of methoxy groups -OCH3 is 1. The molecule has 2 rings (SSSR count). The van der Waals surface area contributed by atoms with Crippen molar-refractivity contribution in [2.45, 2.75) is 71.1 Å². The average Bonchev–Trinajstić information content (AvgIpc) is 2.90. The second-order valence-corrected chi connectivity index (χ2v) is 7.13. The molecule has 1 fully saturated rings. The van der Waals surface area contributed by atoms with E-state index in [-0.39, 0.29) is 11.6 Å². The molecule has 21 heavy (non-hydrogen) atoms. The smallest absolute Gasteiger partial charge is 0.128 e. The molecule has 0 saturated heterocycles. The van der Waals surface area contributed by atoms with Gasteiger partial charge in [-0.2, -0.15) is 0 Å². The molecule has 1 heterocycles. The molecule has 1 atom stereocenters. The summed E-state index contributed by atoms with van der Waals surface area (Å²) in [6.07, 6.45) is 9.68. The van der Waals surface area contributed by atoms with E-state index in [9.17, 15) is 0 Å². The standard InChI is InChI=1S/C17H31N3O/c1-6-12-20-13-11-19-15(20)14(18-4)17(21-5)9-7-16(2,3)8-10-17/h11,13-14,18H,6-10,12H2,1-5H3. The minimum atomic E-state index is -0.138. The lowest BCUT2D eigenvalue weighted by molar-refractivity contribution is -0.0885. The number of rotatable bonds is 6. The predicted octanol–water partition coefficient (Wildman–Crippen LogP) is 3.54. The summed E-state index contributed by atoms with van der Waals surface area (Å²) in [5, 5.41) is 3.48. The van der Waals surface area contributed by atoms with Crippen LogP contribution in [0.3, 0.4) is 0 Å². The first-order chi connectivity index (χ1) is 9.98. The number of likely N-dealkylation sites (N-methyl/N-ethyl adjacent to an activating group) is 1. The van der Waals surface area contributed by atoms with E-state index in [4.69, 9.17) is 4.74 Å². The third-order valence-corrected chi connectivity index (χ3v) is 5.14. The van der Waals surface area contributed by atoms with Crippen molar-refractivity contribution < 1.29 is 4.74 Å². The SMILES string of the molecule is CCCn1ccnc1C(NC)C1(OC)CCC(C)(C)CC1. The van der Waals surface area contributed by atoms with Crippen molar-refractivity contribution in [2.75, 3.05) is 14.2 Å². The van der Waals surface area contributed by atoms with Crippen LogP contribution in [0.1, 0.15) is 64.7 Å². The van der Waals surface area contributed by atoms with Gasteiger partial charge in [0.05, 0.1) is 11.6 Å². The highest BCUT2D eigenvalue weighted by molar-refractivity contribution is 5.10. The number of aryl methyl sites for hydroxylation is 1. The fraction of sp³-hybridized carbons (Fsp3) is 0.824. The van der Waals surface area contributed by atoms with Crippen molar-refractivity contribution in [3.63, 3.8) is 0 Å². The van der Waals surface area contributed by atoms with Crippen LogP contribution < -0.4 is 5.32 Å². The highest BCUT2D eigenvalue weighted by Crippen LogP contribution is 2.47. The Hall–Kier alpha value is -0.870. The molecule has 1 aromatic rings. The molecular formula is C17H31N3O. The van der Waals surface area contributed by atoms with Crippen LogP contribution in [0, 0.1) is 5.41 Å². The van der Waals surface area contributed by atoms with E-state index in [0.717, 1.165) is 31.6 Å². The van der Waals surface area contributed by atoms with Crippen LogP contribution in [-0.4, -0.2) is 29.3 Å². The highest BCUT2D eigenvalue weighted by atomic mass is 16.5. The van der Waals surface area contributed by atoms with Gasteiger partial charge in [0.1, 0.15) is 5.82 Å². The van der Waals surface area contributed by atoms with Gasteiger partial charge in [0, 0.05) is 26.0 Å². The summed E-state index contributed by atoms with van der Waals surface area (Å²) in [7, 11) is 3.88. The number of aromatic nitrogens is 2. The van der Waals surface area contributed by atoms with Crippen LogP contribution in [-0.2, 0) is 11.3 Å². The lowest BCUT2D eigenvalue weighted by atomic mass is 9.68. The molecule has 0 bridgehead atoms. The van der Waals surface area contributed by atoms with E-state index in [1.165, 1.54) is 12.8 Å². The Morgan fingerprint density at radius 2 is 2.00 bits per heavy atom. The summed E-state index contributed by atoms with van der Waals surface area (Å²) in [5.74, 6) is 1.11. The maximum absolute atomic E-state index is 6.07. The molecule has 0 spiro atoms. The number of nitrogens with zero attached hydrogens (tertiary/aromatic N) is 2. The number of hydrogen-bond donors (Lipinski definition) is 1. The monoisotopic (exact) mass is 293 g/mol. The minimum absolute atomic E-state index is 0.138. The normalized spacial score (nSPS) is 22.1. The maximum Gasteiger partial charge on any atom is 0.128 e. The summed E-state index contributed by atoms with van der Waals surface area (Å²) < 4.78 is 8.33. The maximum atomic E-state index is 6.07. The van der Waals surface area contributed by atoms with Gasteiger partial charge in [-0.3, -0.25) is 0 Å². The van der Waals surface area contributed by atoms with Crippen molar-refractivity contribution in [1.82, 2.24) is 14.9 Å². The number of nitrogens with one attached hydrogen (secondary N) is 1. The van der Waals surface area contributed by atoms with Crippen LogP contribution in [0.5, 0.6) is 0 Å². The first kappa shape index (κ1) is 16.5. The van der Waals surface area contributed by atoms with E-state index in [1.54, 1.807) is 0 Å². The van der Waals surface area contributed by atoms with Crippen molar-refractivity contribution in [2.24, 2.45) is 5.41 Å². The Kier molecular flexibility index (Phi) is 5.10. The van der Waals surface area contributed by atoms with Gasteiger partial charge < -0.3 is 14.6 Å². The Morgan fingerprint density at radius 3 is 2.52 bits per heavy atom. The molecule has 0 aromatic carbocycles. The van der Waals surface area contributed by atoms with Gasteiger partial charge in [0.25, 0.3) is 0 Å². The fourth-order valence-electron chi connectivity index (χ4n) is 3.60. The fourth-order valence-corrected chi connectivity index (χ4v) is 3.60. The molecule has 1 unspecified atom stereocenters. The van der Waals surface area contributed by atoms with E-state index in [2.05, 4.69) is 41.8 Å². The average molecular weight is 293 g/mol. The van der Waals surface area contributed by atoms with Crippen LogP contribution in [0.4, 0.5) is 0 Å². The highest BCUT2D eigenvalue weighted by Gasteiger charge is 2.45. The van der Waals surface area contributed by atoms with Crippen molar-refractivity contribution in [1.29, 1.82) is 0 Å². The quantitative estimate of drug-likeness (QED) is 0.872. The van der Waals surface area contributed by atoms with Crippen molar-refractivity contribution in [3.05, 3.63) is 18.2 Å². The lowest BCUT2D eigenvalue weighted by Gasteiger charge is -2.46. The molecule has 0 amide bonds. The third-order valence-electron chi connectivity index (χ3n) is 5.14. The Morgan fingerprint density at radius 1 is 1.33 bits per heavy atom. The van der Waals surface area contributed by atoms with Gasteiger partial charge in [-0.25, -0.2) is 4.98 Å². The molecule has 1 saturated carbocycles. The zero-order valence-electron chi connectivity index (χ0n) is 14.3. The van der Waals surface area contributed by atoms with Crippen LogP contribution in [0.15, 0.2) is 12.4 Å². The van der Waals surface area contributed by atoms with Crippen molar-refractivity contribution in [3.8, 4) is 0 Å². The number of hydrogen-bond acceptors (Lipinski definition) is 3. The zero-order chi connectivity index (χ0) is 15.5. The van der Waals surface area contributed by atoms with Crippen LogP contribution >= 0.6 is 0 Å². The molecule has 1 aliphatic carbocycles. The van der Waals surface area contributed by atoms with Gasteiger partial charge in [-0.15, -0.1) is 0 Å². The first-order valence-corrected chi connectivity index (χ1v) is 8.21. The zero-order valence-corrected chi connectivity index (χ0v) is 14.3. The van der Waals surface area contributed by atoms with Crippen LogP contribution in [0.25, 0.3) is 0 Å².